The zero-order chi connectivity index (χ0) is 21.8. The molecule has 0 unspecified atom stereocenters. The van der Waals surface area contributed by atoms with Crippen LogP contribution < -0.4 is 19.1 Å². The van der Waals surface area contributed by atoms with E-state index in [9.17, 15) is 13.2 Å². The van der Waals surface area contributed by atoms with E-state index in [-0.39, 0.29) is 18.3 Å². The van der Waals surface area contributed by atoms with Gasteiger partial charge in [-0.1, -0.05) is 23.8 Å². The van der Waals surface area contributed by atoms with Gasteiger partial charge in [0.05, 0.1) is 32.2 Å². The Morgan fingerprint density at radius 3 is 2.34 bits per heavy atom. The predicted molar refractivity (Wildman–Crippen MR) is 114 cm³/mol. The van der Waals surface area contributed by atoms with Gasteiger partial charge in [0.25, 0.3) is 0 Å². The second-order valence-corrected chi connectivity index (χ2v) is 8.86. The van der Waals surface area contributed by atoms with E-state index < -0.39 is 15.9 Å². The minimum Gasteiger partial charge on any atom is -0.497 e. The molecule has 2 aromatic carbocycles. The van der Waals surface area contributed by atoms with Gasteiger partial charge in [-0.05, 0) is 44.0 Å². The Bertz CT molecular complexity index is 989. The van der Waals surface area contributed by atoms with Crippen LogP contribution in [0.15, 0.2) is 36.4 Å². The number of benzene rings is 2. The summed E-state index contributed by atoms with van der Waals surface area (Å²) >= 11 is 0. The Morgan fingerprint density at radius 1 is 1.10 bits per heavy atom. The highest BCUT2D eigenvalue weighted by Crippen LogP contribution is 2.33. The van der Waals surface area contributed by atoms with Crippen molar-refractivity contribution in [2.75, 3.05) is 31.3 Å². The number of carbonyl (C=O) groups excluding carboxylic acids is 1. The van der Waals surface area contributed by atoms with Crippen molar-refractivity contribution in [2.45, 2.75) is 26.8 Å². The second kappa shape index (κ2) is 9.17. The standard InChI is InChI=1S/C21H28N2O5S/c1-14-7-9-18(15(2)11-14)16(3)22-21(24)13-23(29(6,25)26)19-10-8-17(27-4)12-20(19)28-5/h7-12,16H,13H2,1-6H3,(H,22,24)/t16-/m0/s1. The van der Waals surface area contributed by atoms with E-state index in [4.69, 9.17) is 9.47 Å². The van der Waals surface area contributed by atoms with E-state index in [0.29, 0.717) is 11.5 Å². The van der Waals surface area contributed by atoms with Crippen LogP contribution >= 0.6 is 0 Å². The number of methoxy groups -OCH3 is 2. The molecule has 0 fully saturated rings. The number of sulfonamides is 1. The van der Waals surface area contributed by atoms with Crippen LogP contribution in [0.4, 0.5) is 5.69 Å². The molecule has 0 aliphatic rings. The molecule has 0 spiro atoms. The number of aryl methyl sites for hydroxylation is 2. The first kappa shape index (κ1) is 22.5. The molecule has 7 nitrogen and oxygen atoms in total. The molecule has 0 saturated carbocycles. The van der Waals surface area contributed by atoms with E-state index in [1.165, 1.54) is 14.2 Å². The van der Waals surface area contributed by atoms with Crippen molar-refractivity contribution >= 4 is 21.6 Å². The summed E-state index contributed by atoms with van der Waals surface area (Å²) < 4.78 is 36.3. The summed E-state index contributed by atoms with van der Waals surface area (Å²) in [7, 11) is -0.791. The smallest absolute Gasteiger partial charge is 0.241 e. The largest absolute Gasteiger partial charge is 0.497 e. The number of nitrogens with one attached hydrogen (secondary N) is 1. The van der Waals surface area contributed by atoms with Gasteiger partial charge in [0, 0.05) is 6.07 Å². The molecule has 0 heterocycles. The number of amides is 1. The Balaban J connectivity index is 2.26. The maximum Gasteiger partial charge on any atom is 0.241 e. The molecule has 0 saturated heterocycles. The highest BCUT2D eigenvalue weighted by Gasteiger charge is 2.25. The van der Waals surface area contributed by atoms with Crippen molar-refractivity contribution in [1.82, 2.24) is 5.32 Å². The molecule has 158 valence electrons. The summed E-state index contributed by atoms with van der Waals surface area (Å²) in [4.78, 5) is 12.7. The summed E-state index contributed by atoms with van der Waals surface area (Å²) in [5.74, 6) is 0.401. The monoisotopic (exact) mass is 420 g/mol. The summed E-state index contributed by atoms with van der Waals surface area (Å²) in [6, 6.07) is 10.5. The molecule has 0 radical (unpaired) electrons. The molecule has 2 aromatic rings. The number of anilines is 1. The zero-order valence-corrected chi connectivity index (χ0v) is 18.5. The maximum absolute atomic E-state index is 12.7. The summed E-state index contributed by atoms with van der Waals surface area (Å²) in [5, 5.41) is 2.88. The fourth-order valence-corrected chi connectivity index (χ4v) is 4.04. The van der Waals surface area contributed by atoms with Crippen LogP contribution in [-0.2, 0) is 14.8 Å². The van der Waals surface area contributed by atoms with Crippen LogP contribution in [0.2, 0.25) is 0 Å². The van der Waals surface area contributed by atoms with Crippen LogP contribution in [0.25, 0.3) is 0 Å². The van der Waals surface area contributed by atoms with Crippen molar-refractivity contribution in [3.05, 3.63) is 53.1 Å². The molecule has 0 aliphatic heterocycles. The Morgan fingerprint density at radius 2 is 1.79 bits per heavy atom. The third kappa shape index (κ3) is 5.63. The van der Waals surface area contributed by atoms with Crippen LogP contribution in [0, 0.1) is 13.8 Å². The summed E-state index contributed by atoms with van der Waals surface area (Å²) in [6.07, 6.45) is 1.05. The van der Waals surface area contributed by atoms with E-state index >= 15 is 0 Å². The normalized spacial score (nSPS) is 12.2. The first-order chi connectivity index (χ1) is 13.6. The van der Waals surface area contributed by atoms with Gasteiger partial charge in [-0.3, -0.25) is 9.10 Å². The van der Waals surface area contributed by atoms with Crippen molar-refractivity contribution in [1.29, 1.82) is 0 Å². The lowest BCUT2D eigenvalue weighted by atomic mass is 10.0. The summed E-state index contributed by atoms with van der Waals surface area (Å²) in [5.41, 5.74) is 3.45. The molecule has 8 heteroatoms. The van der Waals surface area contributed by atoms with Crippen molar-refractivity contribution in [3.63, 3.8) is 0 Å². The molecule has 1 N–H and O–H groups in total. The van der Waals surface area contributed by atoms with Gasteiger partial charge in [0.1, 0.15) is 18.0 Å². The fraction of sp³-hybridized carbons (Fsp3) is 0.381. The number of nitrogens with zero attached hydrogens (tertiary/aromatic N) is 1. The van der Waals surface area contributed by atoms with E-state index in [1.807, 2.05) is 39.0 Å². The van der Waals surface area contributed by atoms with Gasteiger partial charge >= 0.3 is 0 Å². The molecule has 0 aliphatic carbocycles. The third-order valence-corrected chi connectivity index (χ3v) is 5.74. The Hall–Kier alpha value is -2.74. The minimum atomic E-state index is -3.73. The Labute approximate surface area is 172 Å². The van der Waals surface area contributed by atoms with Crippen molar-refractivity contribution in [3.8, 4) is 11.5 Å². The number of carbonyl (C=O) groups is 1. The summed E-state index contributed by atoms with van der Waals surface area (Å²) in [6.45, 7) is 5.49. The zero-order valence-electron chi connectivity index (χ0n) is 17.6. The molecular formula is C21H28N2O5S. The lowest BCUT2D eigenvalue weighted by Crippen LogP contribution is -2.41. The fourth-order valence-electron chi connectivity index (χ4n) is 3.18. The number of ether oxygens (including phenoxy) is 2. The van der Waals surface area contributed by atoms with Crippen molar-refractivity contribution in [2.24, 2.45) is 0 Å². The van der Waals surface area contributed by atoms with Gasteiger partial charge in [0.15, 0.2) is 0 Å². The molecule has 29 heavy (non-hydrogen) atoms. The molecule has 1 amide bonds. The molecule has 2 rings (SSSR count). The van der Waals surface area contributed by atoms with Gasteiger partial charge in [-0.25, -0.2) is 8.42 Å². The van der Waals surface area contributed by atoms with Crippen LogP contribution in [-0.4, -0.2) is 41.3 Å². The maximum atomic E-state index is 12.7. The minimum absolute atomic E-state index is 0.262. The highest BCUT2D eigenvalue weighted by atomic mass is 32.2. The van der Waals surface area contributed by atoms with Gasteiger partial charge in [-0.2, -0.15) is 0 Å². The molecular weight excluding hydrogens is 392 g/mol. The number of rotatable bonds is 8. The lowest BCUT2D eigenvalue weighted by molar-refractivity contribution is -0.120. The van der Waals surface area contributed by atoms with E-state index in [1.54, 1.807) is 18.2 Å². The van der Waals surface area contributed by atoms with Crippen LogP contribution in [0.3, 0.4) is 0 Å². The quantitative estimate of drug-likeness (QED) is 0.710. The first-order valence-corrected chi connectivity index (χ1v) is 11.0. The van der Waals surface area contributed by atoms with Crippen LogP contribution in [0.1, 0.15) is 29.7 Å². The Kier molecular flexibility index (Phi) is 7.13. The number of hydrogen-bond donors (Lipinski definition) is 1. The van der Waals surface area contributed by atoms with Gasteiger partial charge < -0.3 is 14.8 Å². The molecule has 1 atom stereocenters. The average Bonchev–Trinajstić information content (AvgIpc) is 2.64. The lowest BCUT2D eigenvalue weighted by Gasteiger charge is -2.25. The molecule has 0 aromatic heterocycles. The second-order valence-electron chi connectivity index (χ2n) is 6.96. The van der Waals surface area contributed by atoms with Crippen molar-refractivity contribution < 1.29 is 22.7 Å². The van der Waals surface area contributed by atoms with E-state index in [0.717, 1.165) is 27.3 Å². The van der Waals surface area contributed by atoms with E-state index in [2.05, 4.69) is 5.32 Å². The predicted octanol–water partition coefficient (Wildman–Crippen LogP) is 2.96. The number of hydrogen-bond acceptors (Lipinski definition) is 5. The average molecular weight is 421 g/mol. The van der Waals surface area contributed by atoms with Gasteiger partial charge in [0.2, 0.25) is 15.9 Å². The van der Waals surface area contributed by atoms with Crippen LogP contribution in [0.5, 0.6) is 11.5 Å². The third-order valence-electron chi connectivity index (χ3n) is 4.61. The van der Waals surface area contributed by atoms with Gasteiger partial charge in [-0.15, -0.1) is 0 Å². The molecule has 0 bridgehead atoms. The first-order valence-electron chi connectivity index (χ1n) is 9.13. The SMILES string of the molecule is COc1ccc(N(CC(=O)N[C@@H](C)c2ccc(C)cc2C)S(C)(=O)=O)c(OC)c1. The topological polar surface area (TPSA) is 84.9 Å². The highest BCUT2D eigenvalue weighted by molar-refractivity contribution is 7.92.